The summed E-state index contributed by atoms with van der Waals surface area (Å²) in [6, 6.07) is 7.72. The van der Waals surface area contributed by atoms with E-state index in [1.807, 2.05) is 31.2 Å². The number of aryl methyl sites for hydroxylation is 1. The molecule has 1 fully saturated rings. The molecule has 1 aromatic carbocycles. The Kier molecular flexibility index (Phi) is 6.02. The molecule has 0 bridgehead atoms. The third kappa shape index (κ3) is 6.03. The van der Waals surface area contributed by atoms with E-state index in [1.54, 1.807) is 0 Å². The lowest BCUT2D eigenvalue weighted by atomic mass is 10.0. The molecular formula is C15H24N2O3S. The molecule has 1 aromatic rings. The van der Waals surface area contributed by atoms with E-state index in [4.69, 9.17) is 4.74 Å². The Hall–Kier alpha value is -1.11. The van der Waals surface area contributed by atoms with Crippen molar-refractivity contribution in [2.45, 2.75) is 19.8 Å². The molecule has 0 atom stereocenters. The normalized spacial score (nSPS) is 16.8. The van der Waals surface area contributed by atoms with Crippen LogP contribution in [0.25, 0.3) is 0 Å². The first-order valence-electron chi connectivity index (χ1n) is 7.43. The van der Waals surface area contributed by atoms with Crippen molar-refractivity contribution in [3.8, 4) is 5.75 Å². The topological polar surface area (TPSA) is 67.4 Å². The summed E-state index contributed by atoms with van der Waals surface area (Å²) >= 11 is 0. The SMILES string of the molecule is Cc1cccc(OCCNS(=O)(=O)CC2CCNCC2)c1. The number of piperidine rings is 1. The van der Waals surface area contributed by atoms with Gasteiger partial charge in [0.15, 0.2) is 0 Å². The number of sulfonamides is 1. The Morgan fingerprint density at radius 1 is 1.33 bits per heavy atom. The van der Waals surface area contributed by atoms with Gasteiger partial charge in [0.05, 0.1) is 5.75 Å². The van der Waals surface area contributed by atoms with Crippen LogP contribution in [-0.2, 0) is 10.0 Å². The highest BCUT2D eigenvalue weighted by atomic mass is 32.2. The lowest BCUT2D eigenvalue weighted by Crippen LogP contribution is -2.36. The van der Waals surface area contributed by atoms with E-state index in [9.17, 15) is 8.42 Å². The van der Waals surface area contributed by atoms with Crippen molar-refractivity contribution in [2.75, 3.05) is 32.0 Å². The van der Waals surface area contributed by atoms with Gasteiger partial charge < -0.3 is 10.1 Å². The van der Waals surface area contributed by atoms with E-state index in [2.05, 4.69) is 10.0 Å². The standard InChI is InChI=1S/C15H24N2O3S/c1-13-3-2-4-15(11-13)20-10-9-17-21(18,19)12-14-5-7-16-8-6-14/h2-4,11,14,16-17H,5-10,12H2,1H3. The second-order valence-electron chi connectivity index (χ2n) is 5.53. The van der Waals surface area contributed by atoms with Crippen LogP contribution in [0.3, 0.4) is 0 Å². The van der Waals surface area contributed by atoms with Gasteiger partial charge in [-0.2, -0.15) is 0 Å². The number of hydrogen-bond donors (Lipinski definition) is 2. The predicted molar refractivity (Wildman–Crippen MR) is 84.1 cm³/mol. The molecule has 6 heteroatoms. The average Bonchev–Trinajstić information content (AvgIpc) is 2.44. The van der Waals surface area contributed by atoms with Crippen LogP contribution in [0.1, 0.15) is 18.4 Å². The van der Waals surface area contributed by atoms with Crippen LogP contribution < -0.4 is 14.8 Å². The molecule has 5 nitrogen and oxygen atoms in total. The number of nitrogens with one attached hydrogen (secondary N) is 2. The van der Waals surface area contributed by atoms with Crippen molar-refractivity contribution < 1.29 is 13.2 Å². The third-order valence-electron chi connectivity index (χ3n) is 3.60. The van der Waals surface area contributed by atoms with Crippen LogP contribution >= 0.6 is 0 Å². The number of rotatable bonds is 7. The van der Waals surface area contributed by atoms with E-state index in [0.29, 0.717) is 13.2 Å². The fraction of sp³-hybridized carbons (Fsp3) is 0.600. The number of hydrogen-bond acceptors (Lipinski definition) is 4. The van der Waals surface area contributed by atoms with Gasteiger partial charge in [-0.3, -0.25) is 0 Å². The van der Waals surface area contributed by atoms with Crippen molar-refractivity contribution in [1.29, 1.82) is 0 Å². The molecule has 0 unspecified atom stereocenters. The molecule has 21 heavy (non-hydrogen) atoms. The Labute approximate surface area is 127 Å². The maximum atomic E-state index is 12.0. The molecule has 0 radical (unpaired) electrons. The summed E-state index contributed by atoms with van der Waals surface area (Å²) in [6.07, 6.45) is 1.86. The van der Waals surface area contributed by atoms with Gasteiger partial charge in [0.1, 0.15) is 12.4 Å². The molecule has 1 aliphatic rings. The molecular weight excluding hydrogens is 288 g/mol. The van der Waals surface area contributed by atoms with Crippen LogP contribution in [-0.4, -0.2) is 40.4 Å². The van der Waals surface area contributed by atoms with Crippen molar-refractivity contribution in [2.24, 2.45) is 5.92 Å². The Balaban J connectivity index is 1.69. The van der Waals surface area contributed by atoms with Gasteiger partial charge in [-0.1, -0.05) is 12.1 Å². The van der Waals surface area contributed by atoms with Crippen molar-refractivity contribution in [1.82, 2.24) is 10.0 Å². The highest BCUT2D eigenvalue weighted by Crippen LogP contribution is 2.14. The van der Waals surface area contributed by atoms with E-state index in [1.165, 1.54) is 0 Å². The molecule has 0 amide bonds. The Morgan fingerprint density at radius 2 is 2.10 bits per heavy atom. The minimum atomic E-state index is -3.20. The van der Waals surface area contributed by atoms with E-state index >= 15 is 0 Å². The summed E-state index contributed by atoms with van der Waals surface area (Å²) < 4.78 is 32.1. The maximum Gasteiger partial charge on any atom is 0.211 e. The fourth-order valence-electron chi connectivity index (χ4n) is 2.49. The molecule has 0 saturated carbocycles. The monoisotopic (exact) mass is 312 g/mol. The molecule has 118 valence electrons. The summed E-state index contributed by atoms with van der Waals surface area (Å²) in [5, 5.41) is 3.24. The number of benzene rings is 1. The van der Waals surface area contributed by atoms with Crippen LogP contribution in [0, 0.1) is 12.8 Å². The molecule has 2 rings (SSSR count). The fourth-order valence-corrected chi connectivity index (χ4v) is 3.95. The van der Waals surface area contributed by atoms with Crippen LogP contribution in [0.15, 0.2) is 24.3 Å². The smallest absolute Gasteiger partial charge is 0.211 e. The number of ether oxygens (including phenoxy) is 1. The zero-order valence-corrected chi connectivity index (χ0v) is 13.3. The predicted octanol–water partition coefficient (Wildman–Crippen LogP) is 1.29. The molecule has 0 aromatic heterocycles. The van der Waals surface area contributed by atoms with Crippen molar-refractivity contribution >= 4 is 10.0 Å². The molecule has 1 saturated heterocycles. The lowest BCUT2D eigenvalue weighted by molar-refractivity contribution is 0.322. The molecule has 1 aliphatic heterocycles. The van der Waals surface area contributed by atoms with E-state index in [0.717, 1.165) is 37.2 Å². The zero-order chi connectivity index (χ0) is 15.1. The molecule has 1 heterocycles. The highest BCUT2D eigenvalue weighted by molar-refractivity contribution is 7.89. The minimum Gasteiger partial charge on any atom is -0.492 e. The summed E-state index contributed by atoms with van der Waals surface area (Å²) in [5.74, 6) is 1.26. The second kappa shape index (κ2) is 7.77. The van der Waals surface area contributed by atoms with Crippen LogP contribution in [0.5, 0.6) is 5.75 Å². The van der Waals surface area contributed by atoms with Gasteiger partial charge in [0.2, 0.25) is 10.0 Å². The average molecular weight is 312 g/mol. The van der Waals surface area contributed by atoms with Gasteiger partial charge in [0, 0.05) is 6.54 Å². The first-order valence-corrected chi connectivity index (χ1v) is 9.08. The van der Waals surface area contributed by atoms with Gasteiger partial charge in [-0.05, 0) is 56.5 Å². The first-order chi connectivity index (χ1) is 10.1. The first kappa shape index (κ1) is 16.3. The van der Waals surface area contributed by atoms with Gasteiger partial charge in [-0.15, -0.1) is 0 Å². The summed E-state index contributed by atoms with van der Waals surface area (Å²) in [5.41, 5.74) is 1.12. The lowest BCUT2D eigenvalue weighted by Gasteiger charge is -2.22. The van der Waals surface area contributed by atoms with Crippen molar-refractivity contribution in [3.05, 3.63) is 29.8 Å². The summed E-state index contributed by atoms with van der Waals surface area (Å²) in [6.45, 7) is 4.47. The van der Waals surface area contributed by atoms with E-state index < -0.39 is 10.0 Å². The quantitative estimate of drug-likeness (QED) is 0.745. The van der Waals surface area contributed by atoms with Gasteiger partial charge in [-0.25, -0.2) is 13.1 Å². The van der Waals surface area contributed by atoms with Crippen molar-refractivity contribution in [3.63, 3.8) is 0 Å². The van der Waals surface area contributed by atoms with Gasteiger partial charge >= 0.3 is 0 Å². The summed E-state index contributed by atoms with van der Waals surface area (Å²) in [7, 11) is -3.20. The largest absolute Gasteiger partial charge is 0.492 e. The molecule has 0 spiro atoms. The second-order valence-corrected chi connectivity index (χ2v) is 7.39. The maximum absolute atomic E-state index is 12.0. The van der Waals surface area contributed by atoms with Crippen LogP contribution in [0.2, 0.25) is 0 Å². The van der Waals surface area contributed by atoms with Crippen LogP contribution in [0.4, 0.5) is 0 Å². The van der Waals surface area contributed by atoms with E-state index in [-0.39, 0.29) is 11.7 Å². The minimum absolute atomic E-state index is 0.221. The van der Waals surface area contributed by atoms with Gasteiger partial charge in [0.25, 0.3) is 0 Å². The highest BCUT2D eigenvalue weighted by Gasteiger charge is 2.20. The molecule has 2 N–H and O–H groups in total. The third-order valence-corrected chi connectivity index (χ3v) is 5.15. The zero-order valence-electron chi connectivity index (χ0n) is 12.5. The Morgan fingerprint density at radius 3 is 2.81 bits per heavy atom. The summed E-state index contributed by atoms with van der Waals surface area (Å²) in [4.78, 5) is 0. The molecule has 0 aliphatic carbocycles. The Bertz CT molecular complexity index is 540.